The van der Waals surface area contributed by atoms with E-state index in [1.165, 1.54) is 12.3 Å². The molecule has 2 aromatic carbocycles. The van der Waals surface area contributed by atoms with Crippen molar-refractivity contribution in [3.05, 3.63) is 88.8 Å². The minimum absolute atomic E-state index is 0.189. The van der Waals surface area contributed by atoms with Gasteiger partial charge in [0.15, 0.2) is 5.76 Å². The predicted molar refractivity (Wildman–Crippen MR) is 110 cm³/mol. The number of fused-ring (bicyclic) bond motifs is 1. The van der Waals surface area contributed by atoms with Gasteiger partial charge in [-0.3, -0.25) is 9.59 Å². The molecule has 1 aliphatic heterocycles. The molecule has 5 nitrogen and oxygen atoms in total. The van der Waals surface area contributed by atoms with Gasteiger partial charge >= 0.3 is 0 Å². The first-order valence-electron chi connectivity index (χ1n) is 8.84. The van der Waals surface area contributed by atoms with Crippen LogP contribution < -0.4 is 10.2 Å². The summed E-state index contributed by atoms with van der Waals surface area (Å²) in [5, 5.41) is 3.41. The first-order chi connectivity index (χ1) is 13.6. The highest BCUT2D eigenvalue weighted by molar-refractivity contribution is 6.32. The largest absolute Gasteiger partial charge is 0.459 e. The fourth-order valence-electron chi connectivity index (χ4n) is 3.16. The number of furan rings is 1. The summed E-state index contributed by atoms with van der Waals surface area (Å²) in [6, 6.07) is 16.2. The summed E-state index contributed by atoms with van der Waals surface area (Å²) in [6.07, 6.45) is 5.34. The van der Waals surface area contributed by atoms with E-state index in [4.69, 9.17) is 16.0 Å². The van der Waals surface area contributed by atoms with Crippen LogP contribution in [0.2, 0.25) is 5.02 Å². The fraction of sp³-hybridized carbons (Fsp3) is 0.0909. The van der Waals surface area contributed by atoms with E-state index in [0.29, 0.717) is 23.0 Å². The van der Waals surface area contributed by atoms with Crippen molar-refractivity contribution in [2.24, 2.45) is 0 Å². The van der Waals surface area contributed by atoms with Crippen LogP contribution in [0, 0.1) is 0 Å². The van der Waals surface area contributed by atoms with Crippen molar-refractivity contribution in [3.63, 3.8) is 0 Å². The average Bonchev–Trinajstić information content (AvgIpc) is 3.37. The molecule has 0 radical (unpaired) electrons. The van der Waals surface area contributed by atoms with Crippen molar-refractivity contribution in [1.29, 1.82) is 0 Å². The van der Waals surface area contributed by atoms with Gasteiger partial charge in [0.05, 0.1) is 6.26 Å². The number of nitrogens with zero attached hydrogens (tertiary/aromatic N) is 1. The Morgan fingerprint density at radius 3 is 2.75 bits per heavy atom. The Morgan fingerprint density at radius 2 is 1.96 bits per heavy atom. The molecular weight excluding hydrogens is 376 g/mol. The highest BCUT2D eigenvalue weighted by atomic mass is 35.5. The topological polar surface area (TPSA) is 62.6 Å². The van der Waals surface area contributed by atoms with E-state index in [9.17, 15) is 9.59 Å². The van der Waals surface area contributed by atoms with Gasteiger partial charge in [0, 0.05) is 29.0 Å². The lowest BCUT2D eigenvalue weighted by Crippen LogP contribution is -2.28. The number of carbonyl (C=O) groups excluding carboxylic acids is 2. The Morgan fingerprint density at radius 1 is 1.11 bits per heavy atom. The van der Waals surface area contributed by atoms with E-state index in [1.807, 2.05) is 36.4 Å². The van der Waals surface area contributed by atoms with Gasteiger partial charge in [-0.2, -0.15) is 0 Å². The van der Waals surface area contributed by atoms with Crippen molar-refractivity contribution in [2.75, 3.05) is 16.8 Å². The maximum atomic E-state index is 12.6. The lowest BCUT2D eigenvalue weighted by atomic mass is 10.1. The minimum Gasteiger partial charge on any atom is -0.459 e. The van der Waals surface area contributed by atoms with Crippen LogP contribution in [0.5, 0.6) is 0 Å². The zero-order chi connectivity index (χ0) is 19.5. The second-order valence-electron chi connectivity index (χ2n) is 6.37. The zero-order valence-electron chi connectivity index (χ0n) is 14.9. The lowest BCUT2D eigenvalue weighted by molar-refractivity contribution is -0.111. The zero-order valence-corrected chi connectivity index (χ0v) is 15.6. The number of anilines is 2. The second-order valence-corrected chi connectivity index (χ2v) is 6.78. The molecule has 0 fully saturated rings. The summed E-state index contributed by atoms with van der Waals surface area (Å²) >= 11 is 6.09. The fourth-order valence-corrected chi connectivity index (χ4v) is 3.36. The highest BCUT2D eigenvalue weighted by Crippen LogP contribution is 2.32. The first kappa shape index (κ1) is 18.1. The quantitative estimate of drug-likeness (QED) is 0.649. The number of amides is 2. The molecule has 0 atom stereocenters. The molecule has 28 heavy (non-hydrogen) atoms. The Labute approximate surface area is 167 Å². The van der Waals surface area contributed by atoms with Crippen LogP contribution in [0.4, 0.5) is 11.4 Å². The number of carbonyl (C=O) groups is 2. The van der Waals surface area contributed by atoms with Gasteiger partial charge in [0.2, 0.25) is 5.91 Å². The summed E-state index contributed by atoms with van der Waals surface area (Å²) < 4.78 is 5.22. The van der Waals surface area contributed by atoms with Gasteiger partial charge < -0.3 is 14.6 Å². The Hall–Kier alpha value is -3.31. The van der Waals surface area contributed by atoms with Gasteiger partial charge in [0.1, 0.15) is 0 Å². The van der Waals surface area contributed by atoms with Crippen molar-refractivity contribution in [1.82, 2.24) is 0 Å². The van der Waals surface area contributed by atoms with Crippen LogP contribution in [0.1, 0.15) is 21.7 Å². The number of hydrogen-bond donors (Lipinski definition) is 1. The number of halogens is 1. The van der Waals surface area contributed by atoms with Crippen molar-refractivity contribution < 1.29 is 14.0 Å². The highest BCUT2D eigenvalue weighted by Gasteiger charge is 2.27. The van der Waals surface area contributed by atoms with Crippen molar-refractivity contribution in [2.45, 2.75) is 6.42 Å². The molecule has 1 aliphatic rings. The van der Waals surface area contributed by atoms with E-state index in [2.05, 4.69) is 5.32 Å². The second kappa shape index (κ2) is 7.74. The number of nitrogens with one attached hydrogen (secondary N) is 1. The van der Waals surface area contributed by atoms with E-state index in [1.54, 1.807) is 29.2 Å². The standard InChI is InChI=1S/C22H17ClN2O3/c23-18-5-2-1-4-15(18)8-10-21(26)24-17-9-7-16-11-12-25(19(16)14-17)22(27)20-6-3-13-28-20/h1-10,13-14H,11-12H2,(H,24,26). The molecule has 0 saturated heterocycles. The molecule has 1 aromatic heterocycles. The van der Waals surface area contributed by atoms with Crippen molar-refractivity contribution >= 4 is 40.9 Å². The molecule has 2 amide bonds. The molecule has 0 saturated carbocycles. The monoisotopic (exact) mass is 392 g/mol. The van der Waals surface area contributed by atoms with E-state index < -0.39 is 0 Å². The Bertz CT molecular complexity index is 1060. The van der Waals surface area contributed by atoms with Crippen LogP contribution >= 0.6 is 11.6 Å². The van der Waals surface area contributed by atoms with Crippen LogP contribution in [0.15, 0.2) is 71.4 Å². The number of rotatable bonds is 4. The van der Waals surface area contributed by atoms with Crippen molar-refractivity contribution in [3.8, 4) is 0 Å². The van der Waals surface area contributed by atoms with Gasteiger partial charge in [0.25, 0.3) is 5.91 Å². The van der Waals surface area contributed by atoms with E-state index in [-0.39, 0.29) is 11.8 Å². The summed E-state index contributed by atoms with van der Waals surface area (Å²) in [4.78, 5) is 26.5. The minimum atomic E-state index is -0.276. The molecule has 0 bridgehead atoms. The number of hydrogen-bond acceptors (Lipinski definition) is 3. The van der Waals surface area contributed by atoms with Gasteiger partial charge in [-0.05, 0) is 54.0 Å². The van der Waals surface area contributed by atoms with Gasteiger partial charge in [-0.15, -0.1) is 0 Å². The molecule has 140 valence electrons. The normalized spacial score (nSPS) is 13.0. The van der Waals surface area contributed by atoms with Crippen LogP contribution in [-0.4, -0.2) is 18.4 Å². The molecule has 3 aromatic rings. The van der Waals surface area contributed by atoms with Gasteiger partial charge in [-0.1, -0.05) is 35.9 Å². The molecule has 0 aliphatic carbocycles. The van der Waals surface area contributed by atoms with Crippen LogP contribution in [0.3, 0.4) is 0 Å². The summed E-state index contributed by atoms with van der Waals surface area (Å²) in [7, 11) is 0. The van der Waals surface area contributed by atoms with E-state index in [0.717, 1.165) is 23.2 Å². The Balaban J connectivity index is 1.50. The SMILES string of the molecule is O=C(C=Cc1ccccc1Cl)Nc1ccc2c(c1)N(C(=O)c1ccco1)CC2. The summed E-state index contributed by atoms with van der Waals surface area (Å²) in [5.41, 5.74) is 3.23. The molecular formula is C22H17ClN2O3. The van der Waals surface area contributed by atoms with Crippen LogP contribution in [-0.2, 0) is 11.2 Å². The molecule has 2 heterocycles. The molecule has 0 unspecified atom stereocenters. The summed E-state index contributed by atoms with van der Waals surface area (Å²) in [6.45, 7) is 0.582. The van der Waals surface area contributed by atoms with Gasteiger partial charge in [-0.25, -0.2) is 0 Å². The maximum absolute atomic E-state index is 12.6. The average molecular weight is 393 g/mol. The summed E-state index contributed by atoms with van der Waals surface area (Å²) in [5.74, 6) is -0.169. The first-order valence-corrected chi connectivity index (χ1v) is 9.21. The molecule has 1 N–H and O–H groups in total. The third kappa shape index (κ3) is 3.70. The third-order valence-corrected chi connectivity index (χ3v) is 4.89. The maximum Gasteiger partial charge on any atom is 0.293 e. The Kier molecular flexibility index (Phi) is 5.00. The van der Waals surface area contributed by atoms with E-state index >= 15 is 0 Å². The third-order valence-electron chi connectivity index (χ3n) is 4.54. The predicted octanol–water partition coefficient (Wildman–Crippen LogP) is 4.79. The molecule has 6 heteroatoms. The smallest absolute Gasteiger partial charge is 0.293 e. The van der Waals surface area contributed by atoms with Crippen LogP contribution in [0.25, 0.3) is 6.08 Å². The number of benzene rings is 2. The lowest BCUT2D eigenvalue weighted by Gasteiger charge is -2.16. The molecule has 0 spiro atoms. The molecule has 4 rings (SSSR count).